The van der Waals surface area contributed by atoms with Crippen LogP contribution in [-0.4, -0.2) is 11.9 Å². The van der Waals surface area contributed by atoms with Crippen molar-refractivity contribution in [2.24, 2.45) is 5.41 Å². The molecule has 0 aliphatic heterocycles. The summed E-state index contributed by atoms with van der Waals surface area (Å²) in [5, 5.41) is 0. The Bertz CT molecular complexity index is 433. The molecule has 0 amide bonds. The third-order valence-corrected chi connectivity index (χ3v) is 3.16. The number of hydrogen-bond acceptors (Lipinski definition) is 3. The maximum Gasteiger partial charge on any atom is 0.318 e. The Morgan fingerprint density at radius 2 is 1.82 bits per heavy atom. The van der Waals surface area contributed by atoms with E-state index in [0.717, 1.165) is 9.13 Å². The van der Waals surface area contributed by atoms with Gasteiger partial charge in [0.05, 0.1) is 11.8 Å². The molecule has 3 nitrogen and oxygen atoms in total. The first-order valence-corrected chi connectivity index (χ1v) is 6.37. The Balaban J connectivity index is 2.63. The highest BCUT2D eigenvalue weighted by Crippen LogP contribution is 2.17. The van der Waals surface area contributed by atoms with Crippen LogP contribution < -0.4 is 0 Å². The van der Waals surface area contributed by atoms with E-state index in [0.29, 0.717) is 0 Å². The zero-order valence-electron chi connectivity index (χ0n) is 10.1. The summed E-state index contributed by atoms with van der Waals surface area (Å²) >= 11 is 2.15. The van der Waals surface area contributed by atoms with Gasteiger partial charge < -0.3 is 4.74 Å². The van der Waals surface area contributed by atoms with Crippen LogP contribution in [0.2, 0.25) is 0 Å². The third kappa shape index (κ3) is 4.46. The Morgan fingerprint density at radius 3 is 2.35 bits per heavy atom. The summed E-state index contributed by atoms with van der Waals surface area (Å²) in [6.07, 6.45) is 0.126. The maximum atomic E-state index is 11.6. The first kappa shape index (κ1) is 14.2. The monoisotopic (exact) mass is 346 g/mol. The molecule has 0 spiro atoms. The van der Waals surface area contributed by atoms with Crippen molar-refractivity contribution in [2.45, 2.75) is 27.2 Å². The van der Waals surface area contributed by atoms with Crippen molar-refractivity contribution in [3.05, 3.63) is 33.4 Å². The second kappa shape index (κ2) is 5.62. The van der Waals surface area contributed by atoms with Crippen LogP contribution >= 0.6 is 22.6 Å². The van der Waals surface area contributed by atoms with Crippen molar-refractivity contribution >= 4 is 34.5 Å². The molecule has 0 aromatic heterocycles. The molecule has 92 valence electrons. The fourth-order valence-corrected chi connectivity index (χ4v) is 1.67. The van der Waals surface area contributed by atoms with Gasteiger partial charge in [-0.2, -0.15) is 0 Å². The van der Waals surface area contributed by atoms with Crippen molar-refractivity contribution in [3.63, 3.8) is 0 Å². The molecule has 1 aromatic rings. The van der Waals surface area contributed by atoms with Gasteiger partial charge in [-0.15, -0.1) is 0 Å². The van der Waals surface area contributed by atoms with Gasteiger partial charge in [0, 0.05) is 3.57 Å². The topological polar surface area (TPSA) is 43.4 Å². The Morgan fingerprint density at radius 1 is 1.24 bits per heavy atom. The molecule has 0 atom stereocenters. The first-order valence-electron chi connectivity index (χ1n) is 5.29. The van der Waals surface area contributed by atoms with Crippen LogP contribution in [0, 0.1) is 8.99 Å². The second-order valence-corrected chi connectivity index (χ2v) is 5.94. The van der Waals surface area contributed by atoms with Crippen molar-refractivity contribution in [1.82, 2.24) is 0 Å². The number of esters is 2. The Labute approximate surface area is 115 Å². The summed E-state index contributed by atoms with van der Waals surface area (Å²) in [7, 11) is 0. The average Bonchev–Trinajstić information content (AvgIpc) is 2.20. The smallest absolute Gasteiger partial charge is 0.318 e. The summed E-state index contributed by atoms with van der Waals surface area (Å²) in [6.45, 7) is 5.15. The van der Waals surface area contributed by atoms with Crippen LogP contribution in [0.3, 0.4) is 0 Å². The van der Waals surface area contributed by atoms with E-state index in [4.69, 9.17) is 4.74 Å². The summed E-state index contributed by atoms with van der Waals surface area (Å²) < 4.78 is 5.78. The number of benzene rings is 1. The molecule has 0 radical (unpaired) electrons. The average molecular weight is 346 g/mol. The molecule has 1 aromatic carbocycles. The van der Waals surface area contributed by atoms with Gasteiger partial charge >= 0.3 is 11.9 Å². The number of ether oxygens (including phenoxy) is 1. The van der Waals surface area contributed by atoms with Gasteiger partial charge in [0.1, 0.15) is 0 Å². The largest absolute Gasteiger partial charge is 0.393 e. The molecule has 0 heterocycles. The highest BCUT2D eigenvalue weighted by molar-refractivity contribution is 14.1. The lowest BCUT2D eigenvalue weighted by Crippen LogP contribution is -2.26. The number of hydrogen-bond donors (Lipinski definition) is 0. The fourth-order valence-electron chi connectivity index (χ4n) is 1.09. The number of rotatable bonds is 2. The lowest BCUT2D eigenvalue weighted by atomic mass is 9.97. The molecule has 0 bridgehead atoms. The van der Waals surface area contributed by atoms with Gasteiger partial charge in [0.2, 0.25) is 0 Å². The highest BCUT2D eigenvalue weighted by atomic mass is 127. The third-order valence-electron chi connectivity index (χ3n) is 2.11. The van der Waals surface area contributed by atoms with E-state index in [-0.39, 0.29) is 6.42 Å². The van der Waals surface area contributed by atoms with Crippen molar-refractivity contribution < 1.29 is 14.3 Å². The molecule has 17 heavy (non-hydrogen) atoms. The van der Waals surface area contributed by atoms with E-state index >= 15 is 0 Å². The van der Waals surface area contributed by atoms with E-state index in [9.17, 15) is 9.59 Å². The molecule has 0 saturated heterocycles. The summed E-state index contributed by atoms with van der Waals surface area (Å²) in [5.41, 5.74) is 0.222. The van der Waals surface area contributed by atoms with Crippen LogP contribution in [0.4, 0.5) is 0 Å². The quantitative estimate of drug-likeness (QED) is 0.470. The van der Waals surface area contributed by atoms with E-state index in [2.05, 4.69) is 22.6 Å². The molecule has 1 rings (SSSR count). The van der Waals surface area contributed by atoms with Gasteiger partial charge in [0.15, 0.2) is 0 Å². The lowest BCUT2D eigenvalue weighted by molar-refractivity contribution is -0.165. The molecule has 0 saturated carbocycles. The number of halogens is 1. The molecule has 0 unspecified atom stereocenters. The van der Waals surface area contributed by atoms with Crippen LogP contribution in [-0.2, 0) is 20.7 Å². The predicted molar refractivity (Wildman–Crippen MR) is 73.4 cm³/mol. The number of carbonyl (C=O) groups excluding carboxylic acids is 2. The van der Waals surface area contributed by atoms with Gasteiger partial charge in [0.25, 0.3) is 0 Å². The minimum atomic E-state index is -0.653. The maximum absolute atomic E-state index is 11.6. The molecular formula is C13H15IO3. The van der Waals surface area contributed by atoms with Gasteiger partial charge in [-0.3, -0.25) is 9.59 Å². The minimum absolute atomic E-state index is 0.126. The van der Waals surface area contributed by atoms with Gasteiger partial charge in [-0.05, 0) is 55.0 Å². The van der Waals surface area contributed by atoms with Crippen LogP contribution in [0.1, 0.15) is 26.3 Å². The van der Waals surface area contributed by atoms with Crippen molar-refractivity contribution in [2.75, 3.05) is 0 Å². The predicted octanol–water partition coefficient (Wildman–Crippen LogP) is 2.95. The molecule has 0 fully saturated rings. The van der Waals surface area contributed by atoms with E-state index in [1.165, 1.54) is 0 Å². The van der Waals surface area contributed by atoms with Crippen LogP contribution in [0.5, 0.6) is 0 Å². The minimum Gasteiger partial charge on any atom is -0.393 e. The summed E-state index contributed by atoms with van der Waals surface area (Å²) in [4.78, 5) is 23.1. The fraction of sp³-hybridized carbons (Fsp3) is 0.385. The zero-order valence-corrected chi connectivity index (χ0v) is 12.3. The molecule has 0 aliphatic carbocycles. The highest BCUT2D eigenvalue weighted by Gasteiger charge is 2.25. The normalized spacial score (nSPS) is 11.1. The summed E-state index contributed by atoms with van der Waals surface area (Å²) in [6, 6.07) is 7.52. The molecule has 0 N–H and O–H groups in total. The van der Waals surface area contributed by atoms with Crippen LogP contribution in [0.25, 0.3) is 0 Å². The van der Waals surface area contributed by atoms with E-state index in [1.807, 2.05) is 24.3 Å². The molecule has 0 aliphatic rings. The van der Waals surface area contributed by atoms with E-state index < -0.39 is 17.4 Å². The van der Waals surface area contributed by atoms with Gasteiger partial charge in [-0.1, -0.05) is 18.2 Å². The van der Waals surface area contributed by atoms with Gasteiger partial charge in [-0.25, -0.2) is 0 Å². The van der Waals surface area contributed by atoms with Crippen molar-refractivity contribution in [1.29, 1.82) is 0 Å². The Hall–Kier alpha value is -0.910. The Kier molecular flexibility index (Phi) is 4.68. The standard InChI is InChI=1S/C13H15IO3/c1-13(2,3)12(16)17-11(15)8-9-6-4-5-7-10(9)14/h4-7H,8H2,1-3H3. The molecular weight excluding hydrogens is 331 g/mol. The van der Waals surface area contributed by atoms with E-state index in [1.54, 1.807) is 20.8 Å². The zero-order chi connectivity index (χ0) is 13.1. The second-order valence-electron chi connectivity index (χ2n) is 4.78. The summed E-state index contributed by atoms with van der Waals surface area (Å²) in [5.74, 6) is -0.998. The SMILES string of the molecule is CC(C)(C)C(=O)OC(=O)Cc1ccccc1I. The number of carbonyl (C=O) groups is 2. The molecule has 4 heteroatoms. The lowest BCUT2D eigenvalue weighted by Gasteiger charge is -2.15. The van der Waals surface area contributed by atoms with Crippen molar-refractivity contribution in [3.8, 4) is 0 Å². The first-order chi connectivity index (χ1) is 7.80. The van der Waals surface area contributed by atoms with Crippen LogP contribution in [0.15, 0.2) is 24.3 Å².